The first-order valence-corrected chi connectivity index (χ1v) is 10.4. The highest BCUT2D eigenvalue weighted by Crippen LogP contribution is 2.27. The molecule has 0 bridgehead atoms. The largest absolute Gasteiger partial charge is 0.397 e. The quantitative estimate of drug-likeness (QED) is 0.426. The van der Waals surface area contributed by atoms with Gasteiger partial charge in [-0.3, -0.25) is 14.4 Å². The van der Waals surface area contributed by atoms with E-state index < -0.39 is 11.8 Å². The van der Waals surface area contributed by atoms with Crippen molar-refractivity contribution in [1.29, 1.82) is 0 Å². The van der Waals surface area contributed by atoms with Crippen LogP contribution in [0.2, 0.25) is 0 Å². The molecule has 1 aliphatic rings. The molecule has 3 aromatic rings. The number of nitrogens with one attached hydrogen (secondary N) is 2. The van der Waals surface area contributed by atoms with Gasteiger partial charge in [-0.2, -0.15) is 0 Å². The summed E-state index contributed by atoms with van der Waals surface area (Å²) < 4.78 is 0. The maximum Gasteiger partial charge on any atom is 0.315 e. The number of para-hydroxylation sites is 2. The van der Waals surface area contributed by atoms with Crippen LogP contribution in [0.25, 0.3) is 0 Å². The van der Waals surface area contributed by atoms with E-state index in [1.807, 2.05) is 6.92 Å². The second-order valence-electron chi connectivity index (χ2n) is 7.08. The van der Waals surface area contributed by atoms with Crippen LogP contribution in [0.15, 0.2) is 42.6 Å². The summed E-state index contributed by atoms with van der Waals surface area (Å²) in [4.78, 5) is 48.2. The zero-order valence-corrected chi connectivity index (χ0v) is 17.5. The molecule has 1 aromatic carbocycles. The molecule has 158 valence electrons. The Balaban J connectivity index is 1.41. The summed E-state index contributed by atoms with van der Waals surface area (Å²) in [5.74, 6) is -1.44. The third-order valence-electron chi connectivity index (χ3n) is 4.77. The van der Waals surface area contributed by atoms with Crippen molar-refractivity contribution in [3.8, 4) is 0 Å². The molecular formula is C21H20N6O3S. The summed E-state index contributed by atoms with van der Waals surface area (Å²) in [5, 5.41) is 5.56. The molecule has 2 aromatic heterocycles. The van der Waals surface area contributed by atoms with Crippen LogP contribution in [0, 0.1) is 6.92 Å². The number of fused-ring (bicyclic) bond motifs is 1. The van der Waals surface area contributed by atoms with Gasteiger partial charge in [-0.15, -0.1) is 11.3 Å². The summed E-state index contributed by atoms with van der Waals surface area (Å²) in [7, 11) is 0. The van der Waals surface area contributed by atoms with Gasteiger partial charge in [-0.25, -0.2) is 9.97 Å². The van der Waals surface area contributed by atoms with Gasteiger partial charge >= 0.3 is 11.8 Å². The second-order valence-corrected chi connectivity index (χ2v) is 8.17. The lowest BCUT2D eigenvalue weighted by Crippen LogP contribution is -2.42. The summed E-state index contributed by atoms with van der Waals surface area (Å²) in [6.07, 6.45) is 2.08. The Morgan fingerprint density at radius 3 is 2.68 bits per heavy atom. The average Bonchev–Trinajstić information content (AvgIpc) is 3.20. The van der Waals surface area contributed by atoms with E-state index in [4.69, 9.17) is 5.73 Å². The van der Waals surface area contributed by atoms with Crippen LogP contribution in [0.1, 0.15) is 25.9 Å². The smallest absolute Gasteiger partial charge is 0.315 e. The summed E-state index contributed by atoms with van der Waals surface area (Å²) in [6, 6.07) is 10.4. The van der Waals surface area contributed by atoms with Crippen molar-refractivity contribution < 1.29 is 14.4 Å². The number of carbonyl (C=O) groups is 3. The van der Waals surface area contributed by atoms with Gasteiger partial charge < -0.3 is 21.3 Å². The van der Waals surface area contributed by atoms with Crippen molar-refractivity contribution in [3.05, 3.63) is 63.7 Å². The molecule has 0 radical (unpaired) electrons. The van der Waals surface area contributed by atoms with Crippen molar-refractivity contribution in [2.45, 2.75) is 19.9 Å². The molecule has 0 atom stereocenters. The molecule has 0 aliphatic carbocycles. The van der Waals surface area contributed by atoms with Crippen LogP contribution >= 0.6 is 11.3 Å². The molecule has 3 heterocycles. The van der Waals surface area contributed by atoms with Gasteiger partial charge in [0.25, 0.3) is 5.91 Å². The van der Waals surface area contributed by atoms with Gasteiger partial charge in [0.2, 0.25) is 0 Å². The minimum absolute atomic E-state index is 0.224. The van der Waals surface area contributed by atoms with Gasteiger partial charge in [0, 0.05) is 24.0 Å². The van der Waals surface area contributed by atoms with Gasteiger partial charge in [0.1, 0.15) is 5.82 Å². The molecule has 0 saturated carbocycles. The zero-order valence-electron chi connectivity index (χ0n) is 16.7. The minimum Gasteiger partial charge on any atom is -0.397 e. The number of hydrogen-bond acceptors (Lipinski definition) is 7. The monoisotopic (exact) mass is 436 g/mol. The molecule has 31 heavy (non-hydrogen) atoms. The summed E-state index contributed by atoms with van der Waals surface area (Å²) in [5.41, 5.74) is 8.56. The summed E-state index contributed by atoms with van der Waals surface area (Å²) >= 11 is 1.21. The number of nitrogens with zero attached hydrogens (tertiary/aromatic N) is 3. The third-order valence-corrected chi connectivity index (χ3v) is 5.85. The van der Waals surface area contributed by atoms with Gasteiger partial charge in [-0.1, -0.05) is 18.2 Å². The molecule has 0 unspecified atom stereocenters. The molecule has 4 N–H and O–H groups in total. The van der Waals surface area contributed by atoms with E-state index in [1.54, 1.807) is 42.6 Å². The molecule has 10 heteroatoms. The third kappa shape index (κ3) is 4.53. The first-order valence-electron chi connectivity index (χ1n) is 9.58. The Kier molecular flexibility index (Phi) is 5.63. The van der Waals surface area contributed by atoms with E-state index in [1.165, 1.54) is 16.2 Å². The number of rotatable bonds is 3. The number of nitrogens with two attached hydrogens (primary N) is 1. The number of anilines is 3. The molecule has 3 amide bonds. The predicted molar refractivity (Wildman–Crippen MR) is 118 cm³/mol. The molecule has 4 rings (SSSR count). The maximum atomic E-state index is 12.6. The Morgan fingerprint density at radius 1 is 1.13 bits per heavy atom. The normalized spacial score (nSPS) is 12.7. The van der Waals surface area contributed by atoms with Gasteiger partial charge in [0.15, 0.2) is 5.01 Å². The summed E-state index contributed by atoms with van der Waals surface area (Å²) in [6.45, 7) is 2.45. The van der Waals surface area contributed by atoms with Crippen LogP contribution in [-0.4, -0.2) is 39.1 Å². The maximum absolute atomic E-state index is 12.6. The van der Waals surface area contributed by atoms with Crippen molar-refractivity contribution in [3.63, 3.8) is 0 Å². The Labute approximate surface area is 182 Å². The highest BCUT2D eigenvalue weighted by atomic mass is 32.1. The van der Waals surface area contributed by atoms with Crippen LogP contribution in [-0.2, 0) is 22.6 Å². The lowest BCUT2D eigenvalue weighted by Gasteiger charge is -2.25. The molecule has 0 fully saturated rings. The fourth-order valence-electron chi connectivity index (χ4n) is 3.11. The molecule has 0 saturated heterocycles. The number of amides is 3. The minimum atomic E-state index is -0.748. The van der Waals surface area contributed by atoms with Crippen molar-refractivity contribution in [1.82, 2.24) is 14.9 Å². The number of benzene rings is 1. The number of nitrogen functional groups attached to an aromatic ring is 1. The van der Waals surface area contributed by atoms with Crippen LogP contribution < -0.4 is 16.4 Å². The van der Waals surface area contributed by atoms with E-state index in [-0.39, 0.29) is 17.5 Å². The fourth-order valence-corrected chi connectivity index (χ4v) is 4.13. The standard InChI is InChI=1S/C21H20N6O3S/c1-12-6-7-17(23-10-12)26-19(29)21(30)27-9-8-15-16(11-27)31-20(25-15)18(28)24-14-5-3-2-4-13(14)22/h2-7,10H,8-9,11,22H2,1H3,(H,24,28)(H,23,26,29). The van der Waals surface area contributed by atoms with E-state index >= 15 is 0 Å². The fraction of sp³-hybridized carbons (Fsp3) is 0.190. The van der Waals surface area contributed by atoms with Gasteiger partial charge in [-0.05, 0) is 30.7 Å². The number of hydrogen-bond donors (Lipinski definition) is 3. The Bertz CT molecular complexity index is 1160. The van der Waals surface area contributed by atoms with Crippen LogP contribution in [0.3, 0.4) is 0 Å². The van der Waals surface area contributed by atoms with E-state index in [0.29, 0.717) is 30.2 Å². The van der Waals surface area contributed by atoms with E-state index in [9.17, 15) is 14.4 Å². The SMILES string of the molecule is Cc1ccc(NC(=O)C(=O)N2CCc3nc(C(=O)Nc4ccccc4N)sc3C2)nc1. The van der Waals surface area contributed by atoms with Crippen LogP contribution in [0.5, 0.6) is 0 Å². The van der Waals surface area contributed by atoms with Gasteiger partial charge in [0.05, 0.1) is 23.6 Å². The lowest BCUT2D eigenvalue weighted by atomic mass is 10.2. The van der Waals surface area contributed by atoms with E-state index in [2.05, 4.69) is 20.6 Å². The van der Waals surface area contributed by atoms with Crippen LogP contribution in [0.4, 0.5) is 17.2 Å². The average molecular weight is 436 g/mol. The second kappa shape index (κ2) is 8.52. The van der Waals surface area contributed by atoms with Crippen molar-refractivity contribution in [2.75, 3.05) is 22.9 Å². The van der Waals surface area contributed by atoms with Crippen molar-refractivity contribution >= 4 is 46.3 Å². The highest BCUT2D eigenvalue weighted by molar-refractivity contribution is 7.13. The number of aromatic nitrogens is 2. The molecule has 9 nitrogen and oxygen atoms in total. The Morgan fingerprint density at radius 2 is 1.94 bits per heavy atom. The first-order chi connectivity index (χ1) is 14.9. The van der Waals surface area contributed by atoms with E-state index in [0.717, 1.165) is 16.1 Å². The molecule has 1 aliphatic heterocycles. The molecule has 0 spiro atoms. The number of carbonyl (C=O) groups excluding carboxylic acids is 3. The Hall–Kier alpha value is -3.79. The number of thiazole rings is 1. The predicted octanol–water partition coefficient (Wildman–Crippen LogP) is 2.20. The number of aryl methyl sites for hydroxylation is 1. The topological polar surface area (TPSA) is 130 Å². The zero-order chi connectivity index (χ0) is 22.0. The number of pyridine rings is 1. The van der Waals surface area contributed by atoms with Crippen molar-refractivity contribution in [2.24, 2.45) is 0 Å². The highest BCUT2D eigenvalue weighted by Gasteiger charge is 2.29. The lowest BCUT2D eigenvalue weighted by molar-refractivity contribution is -0.143. The first kappa shape index (κ1) is 20.5. The molecular weight excluding hydrogens is 416 g/mol.